The lowest BCUT2D eigenvalue weighted by Gasteiger charge is -2.21. The zero-order valence-electron chi connectivity index (χ0n) is 65.4. The van der Waals surface area contributed by atoms with Gasteiger partial charge in [0.05, 0.1) is 26.4 Å². The fraction of sp³-hybridized carbons (Fsp3) is 0.718. The SMILES string of the molecule is CCCCCC=CCC=CCC=CCC=CCCCC(=O)OC[C@H](COP(=O)(O)OCC(O)COP(=O)(O)OC[C@@H](COC(=O)CCCCCCCCCC=CCCCCCC)OC(=O)CCCCCCCCCC=CCCCCCC)OC(=O)CCCC=CCC=CCC=CCC=CCCCCC. The van der Waals surface area contributed by atoms with Gasteiger partial charge in [-0.1, -0.05) is 278 Å². The molecule has 17 nitrogen and oxygen atoms in total. The minimum Gasteiger partial charge on any atom is -0.462 e. The number of esters is 4. The first kappa shape index (κ1) is 99.5. The van der Waals surface area contributed by atoms with Crippen molar-refractivity contribution in [1.29, 1.82) is 0 Å². The van der Waals surface area contributed by atoms with Crippen molar-refractivity contribution in [3.05, 3.63) is 122 Å². The Balaban J connectivity index is 5.47. The fourth-order valence-electron chi connectivity index (χ4n) is 10.6. The first-order valence-electron chi connectivity index (χ1n) is 40.8. The number of aliphatic hydroxyl groups is 1. The molecule has 0 aliphatic carbocycles. The number of hydrogen-bond acceptors (Lipinski definition) is 15. The van der Waals surface area contributed by atoms with E-state index in [1.807, 2.05) is 24.3 Å². The lowest BCUT2D eigenvalue weighted by molar-refractivity contribution is -0.161. The highest BCUT2D eigenvalue weighted by Gasteiger charge is 2.30. The molecular formula is C85H146O17P2. The third-order valence-corrected chi connectivity index (χ3v) is 18.8. The van der Waals surface area contributed by atoms with Gasteiger partial charge in [-0.25, -0.2) is 9.13 Å². The van der Waals surface area contributed by atoms with Crippen molar-refractivity contribution in [2.24, 2.45) is 0 Å². The molecule has 0 fully saturated rings. The summed E-state index contributed by atoms with van der Waals surface area (Å²) in [4.78, 5) is 73.0. The fourth-order valence-corrected chi connectivity index (χ4v) is 12.2. The van der Waals surface area contributed by atoms with Gasteiger partial charge in [-0.2, -0.15) is 0 Å². The van der Waals surface area contributed by atoms with Gasteiger partial charge in [-0.05, 0) is 154 Å². The number of aliphatic hydroxyl groups excluding tert-OH is 1. The number of carbonyl (C=O) groups excluding carboxylic acids is 4. The summed E-state index contributed by atoms with van der Waals surface area (Å²) in [6.45, 7) is 4.69. The Hall–Kier alpha value is -4.54. The number of phosphoric acid groups is 2. The van der Waals surface area contributed by atoms with Gasteiger partial charge in [-0.3, -0.25) is 37.3 Å². The van der Waals surface area contributed by atoms with Gasteiger partial charge >= 0.3 is 39.5 Å². The van der Waals surface area contributed by atoms with Crippen LogP contribution in [0.2, 0.25) is 0 Å². The summed E-state index contributed by atoms with van der Waals surface area (Å²) in [5, 5.41) is 10.6. The molecule has 0 rings (SSSR count). The maximum atomic E-state index is 13.1. The van der Waals surface area contributed by atoms with Crippen molar-refractivity contribution < 1.29 is 80.2 Å². The van der Waals surface area contributed by atoms with Crippen LogP contribution in [0.25, 0.3) is 0 Å². The van der Waals surface area contributed by atoms with E-state index >= 15 is 0 Å². The summed E-state index contributed by atoms with van der Waals surface area (Å²) in [6, 6.07) is 0. The topological polar surface area (TPSA) is 237 Å². The Bertz CT molecular complexity index is 2440. The Morgan fingerprint density at radius 1 is 0.269 bits per heavy atom. The summed E-state index contributed by atoms with van der Waals surface area (Å²) >= 11 is 0. The van der Waals surface area contributed by atoms with E-state index in [2.05, 4.69) is 125 Å². The second-order valence-corrected chi connectivity index (χ2v) is 29.9. The van der Waals surface area contributed by atoms with Gasteiger partial charge < -0.3 is 33.8 Å². The Morgan fingerprint density at radius 2 is 0.481 bits per heavy atom. The smallest absolute Gasteiger partial charge is 0.462 e. The normalized spacial score (nSPS) is 14.5. The van der Waals surface area contributed by atoms with E-state index in [0.29, 0.717) is 38.5 Å². The summed E-state index contributed by atoms with van der Waals surface area (Å²) in [7, 11) is -9.99. The number of unbranched alkanes of at least 4 members (excludes halogenated alkanes) is 30. The van der Waals surface area contributed by atoms with Crippen LogP contribution in [0.5, 0.6) is 0 Å². The van der Waals surface area contributed by atoms with Crippen molar-refractivity contribution in [2.75, 3.05) is 39.6 Å². The van der Waals surface area contributed by atoms with E-state index < -0.39 is 97.5 Å². The number of ether oxygens (including phenoxy) is 4. The highest BCUT2D eigenvalue weighted by molar-refractivity contribution is 7.47. The molecule has 598 valence electrons. The van der Waals surface area contributed by atoms with Crippen molar-refractivity contribution in [3.63, 3.8) is 0 Å². The summed E-state index contributed by atoms with van der Waals surface area (Å²) in [6.07, 6.45) is 84.7. The van der Waals surface area contributed by atoms with Crippen LogP contribution in [-0.4, -0.2) is 96.7 Å². The molecule has 0 aliphatic rings. The molecule has 0 heterocycles. The highest BCUT2D eigenvalue weighted by atomic mass is 31.2. The number of phosphoric ester groups is 2. The van der Waals surface area contributed by atoms with Crippen molar-refractivity contribution in [1.82, 2.24) is 0 Å². The Morgan fingerprint density at radius 3 is 0.798 bits per heavy atom. The number of carbonyl (C=O) groups is 4. The number of hydrogen-bond donors (Lipinski definition) is 3. The summed E-state index contributed by atoms with van der Waals surface area (Å²) < 4.78 is 68.5. The van der Waals surface area contributed by atoms with Crippen molar-refractivity contribution in [2.45, 2.75) is 354 Å². The Labute approximate surface area is 632 Å². The van der Waals surface area contributed by atoms with Gasteiger partial charge in [-0.15, -0.1) is 0 Å². The molecule has 104 heavy (non-hydrogen) atoms. The van der Waals surface area contributed by atoms with E-state index in [4.69, 9.17) is 37.0 Å². The second kappa shape index (κ2) is 76.6. The van der Waals surface area contributed by atoms with Gasteiger partial charge in [0, 0.05) is 25.7 Å². The zero-order valence-corrected chi connectivity index (χ0v) is 67.2. The first-order chi connectivity index (χ1) is 50.7. The van der Waals surface area contributed by atoms with Crippen LogP contribution >= 0.6 is 15.6 Å². The Kier molecular flexibility index (Phi) is 73.3. The monoisotopic (exact) mass is 1500 g/mol. The molecule has 0 aromatic rings. The molecule has 0 amide bonds. The van der Waals surface area contributed by atoms with Crippen LogP contribution in [0.3, 0.4) is 0 Å². The van der Waals surface area contributed by atoms with Gasteiger partial charge in [0.1, 0.15) is 19.3 Å². The standard InChI is InChI=1S/C85H146O17P2/c1-5-9-13-17-21-25-29-33-37-39-43-46-50-54-58-62-66-70-83(88)96-76-81(102-85(90)72-68-64-60-56-52-48-44-40-38-34-30-26-22-18-14-10-6-2)78-100-104(93,94)98-74-79(86)73-97-103(91,92)99-77-80(101-84(89)71-67-63-59-55-51-47-42-36-32-28-24-20-16-12-8-4)75-95-82(87)69-65-61-57-53-49-45-41-35-31-27-23-19-15-11-7-3/h21-22,25-28,31-34,37-38,43-44,46,48,54,56,58,60,79-81,86H,5-20,23-24,29-30,35-36,39-42,45,47,49-53,55,57,59,61-78H2,1-4H3,(H,91,92)(H,93,94)/t79?,80-,81-/m1/s1. The van der Waals surface area contributed by atoms with Gasteiger partial charge in [0.25, 0.3) is 0 Å². The largest absolute Gasteiger partial charge is 0.472 e. The van der Waals surface area contributed by atoms with Crippen LogP contribution < -0.4 is 0 Å². The molecule has 0 bridgehead atoms. The van der Waals surface area contributed by atoms with Crippen LogP contribution in [0.4, 0.5) is 0 Å². The molecule has 0 spiro atoms. The summed E-state index contributed by atoms with van der Waals surface area (Å²) in [5.74, 6) is -2.31. The molecule has 3 N–H and O–H groups in total. The molecule has 0 aromatic heterocycles. The van der Waals surface area contributed by atoms with Crippen molar-refractivity contribution in [3.8, 4) is 0 Å². The molecule has 5 atom stereocenters. The lowest BCUT2D eigenvalue weighted by Crippen LogP contribution is -2.30. The van der Waals surface area contributed by atoms with E-state index in [9.17, 15) is 43.2 Å². The molecule has 19 heteroatoms. The van der Waals surface area contributed by atoms with E-state index in [-0.39, 0.29) is 25.7 Å². The maximum Gasteiger partial charge on any atom is 0.472 e. The molecular weight excluding hydrogens is 1350 g/mol. The van der Waals surface area contributed by atoms with E-state index in [1.165, 1.54) is 103 Å². The molecule has 0 aromatic carbocycles. The predicted octanol–water partition coefficient (Wildman–Crippen LogP) is 23.9. The number of rotatable bonds is 76. The van der Waals surface area contributed by atoms with Gasteiger partial charge in [0.15, 0.2) is 12.2 Å². The molecule has 0 aliphatic heterocycles. The molecule has 3 unspecified atom stereocenters. The first-order valence-corrected chi connectivity index (χ1v) is 43.8. The minimum absolute atomic E-state index is 0.00546. The summed E-state index contributed by atoms with van der Waals surface area (Å²) in [5.41, 5.74) is 0. The third kappa shape index (κ3) is 75.7. The molecule has 0 saturated carbocycles. The van der Waals surface area contributed by atoms with Crippen LogP contribution in [0.15, 0.2) is 122 Å². The second-order valence-electron chi connectivity index (χ2n) is 27.0. The van der Waals surface area contributed by atoms with Crippen LogP contribution in [-0.2, 0) is 65.4 Å². The van der Waals surface area contributed by atoms with E-state index in [1.54, 1.807) is 0 Å². The van der Waals surface area contributed by atoms with Crippen LogP contribution in [0.1, 0.15) is 336 Å². The van der Waals surface area contributed by atoms with E-state index in [0.717, 1.165) is 141 Å². The lowest BCUT2D eigenvalue weighted by atomic mass is 10.1. The van der Waals surface area contributed by atoms with Gasteiger partial charge in [0.2, 0.25) is 0 Å². The average Bonchev–Trinajstić information content (AvgIpc) is 0.926. The molecule has 0 saturated heterocycles. The number of allylic oxidation sites excluding steroid dienone is 20. The highest BCUT2D eigenvalue weighted by Crippen LogP contribution is 2.45. The minimum atomic E-state index is -5.01. The predicted molar refractivity (Wildman–Crippen MR) is 427 cm³/mol. The average molecular weight is 1500 g/mol. The van der Waals surface area contributed by atoms with Crippen molar-refractivity contribution >= 4 is 39.5 Å². The van der Waals surface area contributed by atoms with Crippen LogP contribution in [0, 0.1) is 0 Å². The molecule has 0 radical (unpaired) electrons. The third-order valence-electron chi connectivity index (χ3n) is 16.9. The quantitative estimate of drug-likeness (QED) is 0.0169. The zero-order chi connectivity index (χ0) is 76.0. The maximum absolute atomic E-state index is 13.1.